The minimum atomic E-state index is 0.201. The Morgan fingerprint density at radius 3 is 2.33 bits per heavy atom. The van der Waals surface area contributed by atoms with E-state index in [2.05, 4.69) is 27.7 Å². The highest BCUT2D eigenvalue weighted by molar-refractivity contribution is 4.89. The van der Waals surface area contributed by atoms with E-state index in [1.807, 2.05) is 0 Å². The highest BCUT2D eigenvalue weighted by atomic mass is 16.5. The predicted octanol–water partition coefficient (Wildman–Crippen LogP) is 1.78. The van der Waals surface area contributed by atoms with Crippen LogP contribution in [0.2, 0.25) is 0 Å². The van der Waals surface area contributed by atoms with Crippen molar-refractivity contribution in [2.75, 3.05) is 6.61 Å². The standard InChI is InChI=1S/C10H21NO/c1-7-8(5-6-12-7)9(11)10(2,3)4/h7-9H,5-6,11H2,1-4H3. The molecule has 2 nitrogen and oxygen atoms in total. The molecule has 0 radical (unpaired) electrons. The molecule has 0 amide bonds. The molecule has 2 heteroatoms. The lowest BCUT2D eigenvalue weighted by molar-refractivity contribution is 0.0847. The van der Waals surface area contributed by atoms with Gasteiger partial charge in [-0.1, -0.05) is 20.8 Å². The second-order valence-corrected chi connectivity index (χ2v) is 4.92. The maximum absolute atomic E-state index is 6.17. The van der Waals surface area contributed by atoms with Crippen LogP contribution in [0.15, 0.2) is 0 Å². The van der Waals surface area contributed by atoms with E-state index in [0.29, 0.717) is 12.0 Å². The number of hydrogen-bond acceptors (Lipinski definition) is 2. The van der Waals surface area contributed by atoms with Crippen molar-refractivity contribution in [2.45, 2.75) is 46.3 Å². The minimum Gasteiger partial charge on any atom is -0.378 e. The molecule has 72 valence electrons. The maximum Gasteiger partial charge on any atom is 0.0590 e. The Hall–Kier alpha value is -0.0800. The van der Waals surface area contributed by atoms with Crippen LogP contribution in [0.1, 0.15) is 34.1 Å². The second kappa shape index (κ2) is 3.35. The topological polar surface area (TPSA) is 35.2 Å². The highest BCUT2D eigenvalue weighted by Crippen LogP contribution is 2.31. The van der Waals surface area contributed by atoms with Crippen LogP contribution < -0.4 is 5.73 Å². The number of hydrogen-bond donors (Lipinski definition) is 1. The van der Waals surface area contributed by atoms with Crippen molar-refractivity contribution >= 4 is 0 Å². The molecule has 1 aliphatic rings. The Morgan fingerprint density at radius 1 is 1.42 bits per heavy atom. The first-order valence-electron chi connectivity index (χ1n) is 4.80. The van der Waals surface area contributed by atoms with Crippen LogP contribution in [0.5, 0.6) is 0 Å². The average Bonchev–Trinajstić information content (AvgIpc) is 2.31. The van der Waals surface area contributed by atoms with E-state index in [-0.39, 0.29) is 11.5 Å². The molecule has 1 fully saturated rings. The summed E-state index contributed by atoms with van der Waals surface area (Å²) < 4.78 is 5.50. The Bertz CT molecular complexity index is 150. The quantitative estimate of drug-likeness (QED) is 0.652. The summed E-state index contributed by atoms with van der Waals surface area (Å²) in [6.07, 6.45) is 1.47. The molecule has 1 heterocycles. The van der Waals surface area contributed by atoms with Crippen molar-refractivity contribution in [1.29, 1.82) is 0 Å². The molecule has 0 bridgehead atoms. The number of rotatable bonds is 1. The molecule has 3 atom stereocenters. The highest BCUT2D eigenvalue weighted by Gasteiger charge is 2.35. The van der Waals surface area contributed by atoms with Crippen molar-refractivity contribution in [3.63, 3.8) is 0 Å². The Balaban J connectivity index is 2.57. The normalized spacial score (nSPS) is 33.8. The molecular formula is C10H21NO. The third-order valence-electron chi connectivity index (χ3n) is 2.90. The molecule has 12 heavy (non-hydrogen) atoms. The lowest BCUT2D eigenvalue weighted by atomic mass is 9.77. The fourth-order valence-corrected chi connectivity index (χ4v) is 1.86. The van der Waals surface area contributed by atoms with Crippen molar-refractivity contribution in [2.24, 2.45) is 17.1 Å². The number of nitrogens with two attached hydrogens (primary N) is 1. The molecule has 0 aromatic heterocycles. The van der Waals surface area contributed by atoms with Gasteiger partial charge in [0.25, 0.3) is 0 Å². The van der Waals surface area contributed by atoms with Crippen LogP contribution in [0, 0.1) is 11.3 Å². The van der Waals surface area contributed by atoms with Crippen LogP contribution in [0.25, 0.3) is 0 Å². The zero-order valence-corrected chi connectivity index (χ0v) is 8.63. The van der Waals surface area contributed by atoms with Crippen molar-refractivity contribution < 1.29 is 4.74 Å². The summed E-state index contributed by atoms with van der Waals surface area (Å²) in [5.74, 6) is 0.546. The van der Waals surface area contributed by atoms with Crippen LogP contribution in [-0.4, -0.2) is 18.8 Å². The molecule has 1 rings (SSSR count). The molecule has 0 aromatic carbocycles. The monoisotopic (exact) mass is 171 g/mol. The van der Waals surface area contributed by atoms with Crippen LogP contribution >= 0.6 is 0 Å². The summed E-state index contributed by atoms with van der Waals surface area (Å²) in [6, 6.07) is 0.259. The van der Waals surface area contributed by atoms with E-state index in [1.54, 1.807) is 0 Å². The molecule has 2 N–H and O–H groups in total. The molecule has 0 spiro atoms. The van der Waals surface area contributed by atoms with Gasteiger partial charge in [-0.3, -0.25) is 0 Å². The minimum absolute atomic E-state index is 0.201. The van der Waals surface area contributed by atoms with Gasteiger partial charge >= 0.3 is 0 Å². The lowest BCUT2D eigenvalue weighted by Crippen LogP contribution is -2.44. The van der Waals surface area contributed by atoms with Crippen LogP contribution in [0.3, 0.4) is 0 Å². The SMILES string of the molecule is CC1OCCC1C(N)C(C)(C)C. The summed E-state index contributed by atoms with van der Waals surface area (Å²) >= 11 is 0. The largest absolute Gasteiger partial charge is 0.378 e. The maximum atomic E-state index is 6.17. The van der Waals surface area contributed by atoms with E-state index in [1.165, 1.54) is 0 Å². The molecule has 0 aliphatic carbocycles. The molecule has 0 saturated carbocycles. The molecule has 0 aromatic rings. The van der Waals surface area contributed by atoms with E-state index < -0.39 is 0 Å². The first-order chi connectivity index (χ1) is 5.43. The first-order valence-corrected chi connectivity index (χ1v) is 4.80. The van der Waals surface area contributed by atoms with Crippen molar-refractivity contribution in [3.8, 4) is 0 Å². The zero-order chi connectivity index (χ0) is 9.35. The molecule has 3 unspecified atom stereocenters. The average molecular weight is 171 g/mol. The van der Waals surface area contributed by atoms with E-state index >= 15 is 0 Å². The summed E-state index contributed by atoms with van der Waals surface area (Å²) in [6.45, 7) is 9.60. The third-order valence-corrected chi connectivity index (χ3v) is 2.90. The molecular weight excluding hydrogens is 150 g/mol. The lowest BCUT2D eigenvalue weighted by Gasteiger charge is -2.33. The van der Waals surface area contributed by atoms with Gasteiger partial charge in [-0.05, 0) is 18.8 Å². The summed E-state index contributed by atoms with van der Waals surface area (Å²) in [5.41, 5.74) is 6.37. The number of ether oxygens (including phenoxy) is 1. The molecule has 1 aliphatic heterocycles. The fraction of sp³-hybridized carbons (Fsp3) is 1.00. The predicted molar refractivity (Wildman–Crippen MR) is 51.0 cm³/mol. The molecule has 1 saturated heterocycles. The van der Waals surface area contributed by atoms with Crippen LogP contribution in [0.4, 0.5) is 0 Å². The van der Waals surface area contributed by atoms with E-state index in [4.69, 9.17) is 10.5 Å². The van der Waals surface area contributed by atoms with Gasteiger partial charge < -0.3 is 10.5 Å². The van der Waals surface area contributed by atoms with Gasteiger partial charge in [0.1, 0.15) is 0 Å². The van der Waals surface area contributed by atoms with E-state index in [0.717, 1.165) is 13.0 Å². The van der Waals surface area contributed by atoms with Crippen LogP contribution in [-0.2, 0) is 4.74 Å². The summed E-state index contributed by atoms with van der Waals surface area (Å²) in [5, 5.41) is 0. The second-order valence-electron chi connectivity index (χ2n) is 4.92. The van der Waals surface area contributed by atoms with Crippen molar-refractivity contribution in [1.82, 2.24) is 0 Å². The van der Waals surface area contributed by atoms with Gasteiger partial charge in [-0.2, -0.15) is 0 Å². The Kier molecular flexibility index (Phi) is 2.79. The van der Waals surface area contributed by atoms with Gasteiger partial charge in [0.05, 0.1) is 6.10 Å². The Labute approximate surface area is 75.5 Å². The first kappa shape index (κ1) is 10.0. The van der Waals surface area contributed by atoms with Crippen molar-refractivity contribution in [3.05, 3.63) is 0 Å². The smallest absolute Gasteiger partial charge is 0.0590 e. The van der Waals surface area contributed by atoms with Gasteiger partial charge in [-0.15, -0.1) is 0 Å². The van der Waals surface area contributed by atoms with Gasteiger partial charge in [-0.25, -0.2) is 0 Å². The fourth-order valence-electron chi connectivity index (χ4n) is 1.86. The Morgan fingerprint density at radius 2 is 2.00 bits per heavy atom. The van der Waals surface area contributed by atoms with E-state index in [9.17, 15) is 0 Å². The summed E-state index contributed by atoms with van der Waals surface area (Å²) in [7, 11) is 0. The zero-order valence-electron chi connectivity index (χ0n) is 8.63. The van der Waals surface area contributed by atoms with Gasteiger partial charge in [0, 0.05) is 18.6 Å². The van der Waals surface area contributed by atoms with Gasteiger partial charge in [0.15, 0.2) is 0 Å². The third kappa shape index (κ3) is 1.99. The summed E-state index contributed by atoms with van der Waals surface area (Å²) in [4.78, 5) is 0. The van der Waals surface area contributed by atoms with Gasteiger partial charge in [0.2, 0.25) is 0 Å².